The molecule has 2 heteroatoms. The number of hydrogen-bond acceptors (Lipinski definition) is 2. The monoisotopic (exact) mass is 152 g/mol. The van der Waals surface area contributed by atoms with Gasteiger partial charge in [-0.15, -0.1) is 0 Å². The quantitative estimate of drug-likeness (QED) is 0.604. The molecule has 0 aromatic heterocycles. The molecule has 1 rings (SSSR count). The summed E-state index contributed by atoms with van der Waals surface area (Å²) in [6, 6.07) is 0. The van der Waals surface area contributed by atoms with Gasteiger partial charge in [-0.3, -0.25) is 4.99 Å². The summed E-state index contributed by atoms with van der Waals surface area (Å²) in [5.74, 6) is 1.13. The van der Waals surface area contributed by atoms with Crippen molar-refractivity contribution in [2.75, 3.05) is 13.1 Å². The molecule has 0 aromatic carbocycles. The third-order valence-electron chi connectivity index (χ3n) is 1.98. The van der Waals surface area contributed by atoms with Crippen LogP contribution in [0.4, 0.5) is 0 Å². The van der Waals surface area contributed by atoms with Crippen LogP contribution in [-0.4, -0.2) is 23.8 Å². The highest BCUT2D eigenvalue weighted by atomic mass is 15.2. The number of hydrogen-bond donors (Lipinski definition) is 0. The molecule has 0 radical (unpaired) electrons. The Balaban J connectivity index is 2.48. The minimum absolute atomic E-state index is 0.939. The number of amidine groups is 1. The Morgan fingerprint density at radius 2 is 2.45 bits per heavy atom. The Hall–Kier alpha value is -0.790. The summed E-state index contributed by atoms with van der Waals surface area (Å²) in [6.07, 6.45) is 2.26. The maximum Gasteiger partial charge on any atom is 0.100 e. The topological polar surface area (TPSA) is 15.6 Å². The molecular formula is C9H16N2. The van der Waals surface area contributed by atoms with Crippen LogP contribution in [0.5, 0.6) is 0 Å². The van der Waals surface area contributed by atoms with Gasteiger partial charge in [-0.25, -0.2) is 0 Å². The van der Waals surface area contributed by atoms with E-state index in [-0.39, 0.29) is 0 Å². The van der Waals surface area contributed by atoms with Crippen LogP contribution in [0.3, 0.4) is 0 Å². The third kappa shape index (κ3) is 1.82. The van der Waals surface area contributed by atoms with Gasteiger partial charge in [0.2, 0.25) is 0 Å². The van der Waals surface area contributed by atoms with Gasteiger partial charge < -0.3 is 4.90 Å². The van der Waals surface area contributed by atoms with E-state index in [1.807, 2.05) is 6.92 Å². The van der Waals surface area contributed by atoms with Crippen molar-refractivity contribution in [3.8, 4) is 0 Å². The molecule has 0 bridgehead atoms. The van der Waals surface area contributed by atoms with E-state index >= 15 is 0 Å². The second kappa shape index (κ2) is 3.56. The highest BCUT2D eigenvalue weighted by molar-refractivity contribution is 5.82. The molecule has 62 valence electrons. The average molecular weight is 152 g/mol. The third-order valence-corrected chi connectivity index (χ3v) is 1.98. The maximum atomic E-state index is 4.30. The average Bonchev–Trinajstić information content (AvgIpc) is 2.36. The van der Waals surface area contributed by atoms with Crippen LogP contribution in [0, 0.1) is 0 Å². The van der Waals surface area contributed by atoms with Crippen LogP contribution in [0.25, 0.3) is 0 Å². The first kappa shape index (κ1) is 8.31. The van der Waals surface area contributed by atoms with Gasteiger partial charge >= 0.3 is 0 Å². The van der Waals surface area contributed by atoms with Gasteiger partial charge in [-0.05, 0) is 13.3 Å². The molecule has 0 spiro atoms. The van der Waals surface area contributed by atoms with Crippen molar-refractivity contribution in [2.45, 2.75) is 26.7 Å². The molecule has 0 fully saturated rings. The normalized spacial score (nSPS) is 16.9. The van der Waals surface area contributed by atoms with Crippen molar-refractivity contribution in [3.05, 3.63) is 12.3 Å². The fourth-order valence-electron chi connectivity index (χ4n) is 1.37. The lowest BCUT2D eigenvalue weighted by atomic mass is 10.2. The van der Waals surface area contributed by atoms with Crippen LogP contribution in [0.1, 0.15) is 26.7 Å². The molecule has 0 aliphatic carbocycles. The number of nitrogens with zero attached hydrogens (tertiary/aromatic N) is 2. The zero-order valence-electron chi connectivity index (χ0n) is 7.43. The van der Waals surface area contributed by atoms with Crippen molar-refractivity contribution in [2.24, 2.45) is 4.99 Å². The summed E-state index contributed by atoms with van der Waals surface area (Å²) in [7, 11) is 0. The van der Waals surface area contributed by atoms with Crippen molar-refractivity contribution < 1.29 is 0 Å². The molecule has 0 amide bonds. The molecular weight excluding hydrogens is 136 g/mol. The first-order chi connectivity index (χ1) is 5.25. The fraction of sp³-hybridized carbons (Fsp3) is 0.667. The van der Waals surface area contributed by atoms with E-state index in [1.54, 1.807) is 0 Å². The lowest BCUT2D eigenvalue weighted by Crippen LogP contribution is -2.24. The van der Waals surface area contributed by atoms with Gasteiger partial charge in [0.1, 0.15) is 5.84 Å². The van der Waals surface area contributed by atoms with Gasteiger partial charge in [0.15, 0.2) is 0 Å². The highest BCUT2D eigenvalue weighted by Crippen LogP contribution is 2.13. The molecule has 1 aliphatic rings. The Kier molecular flexibility index (Phi) is 2.69. The van der Waals surface area contributed by atoms with Gasteiger partial charge in [-0.2, -0.15) is 0 Å². The molecule has 0 unspecified atom stereocenters. The molecule has 0 saturated heterocycles. The summed E-state index contributed by atoms with van der Waals surface area (Å²) < 4.78 is 0. The number of allylic oxidation sites excluding steroid dienone is 1. The fourth-order valence-corrected chi connectivity index (χ4v) is 1.37. The first-order valence-corrected chi connectivity index (χ1v) is 4.22. The smallest absolute Gasteiger partial charge is 0.100 e. The summed E-state index contributed by atoms with van der Waals surface area (Å²) in [5, 5.41) is 0. The Morgan fingerprint density at radius 3 is 2.91 bits per heavy atom. The van der Waals surface area contributed by atoms with Crippen LogP contribution in [0.15, 0.2) is 17.3 Å². The molecule has 1 heterocycles. The Bertz CT molecular complexity index is 182. The second-order valence-corrected chi connectivity index (χ2v) is 2.90. The van der Waals surface area contributed by atoms with Gasteiger partial charge in [-0.1, -0.05) is 19.9 Å². The lowest BCUT2D eigenvalue weighted by molar-refractivity contribution is 0.530. The van der Waals surface area contributed by atoms with E-state index in [0.717, 1.165) is 25.3 Å². The van der Waals surface area contributed by atoms with Crippen LogP contribution < -0.4 is 0 Å². The number of rotatable bonds is 3. The first-order valence-electron chi connectivity index (χ1n) is 4.22. The van der Waals surface area contributed by atoms with Crippen molar-refractivity contribution >= 4 is 5.84 Å². The van der Waals surface area contributed by atoms with E-state index in [9.17, 15) is 0 Å². The molecule has 0 saturated carbocycles. The molecule has 2 nitrogen and oxygen atoms in total. The standard InChI is InChI=1S/C9H16N2/c1-4-5-8(2)11-7-6-10-9(11)3/h2,4-7H2,1,3H3. The SMILES string of the molecule is C=C(CCC)N1CCN=C1C. The Labute approximate surface area is 68.6 Å². The molecule has 0 atom stereocenters. The molecule has 0 aromatic rings. The molecule has 0 N–H and O–H groups in total. The van der Waals surface area contributed by atoms with Gasteiger partial charge in [0, 0.05) is 12.2 Å². The van der Waals surface area contributed by atoms with Gasteiger partial charge in [0.25, 0.3) is 0 Å². The molecule has 11 heavy (non-hydrogen) atoms. The van der Waals surface area contributed by atoms with Crippen LogP contribution >= 0.6 is 0 Å². The van der Waals surface area contributed by atoms with Crippen molar-refractivity contribution in [3.63, 3.8) is 0 Å². The van der Waals surface area contributed by atoms with Crippen molar-refractivity contribution in [1.29, 1.82) is 0 Å². The zero-order valence-corrected chi connectivity index (χ0v) is 7.43. The second-order valence-electron chi connectivity index (χ2n) is 2.90. The number of aliphatic imine (C=N–C) groups is 1. The van der Waals surface area contributed by atoms with E-state index in [4.69, 9.17) is 0 Å². The predicted octanol–water partition coefficient (Wildman–Crippen LogP) is 2.03. The highest BCUT2D eigenvalue weighted by Gasteiger charge is 2.13. The summed E-state index contributed by atoms with van der Waals surface area (Å²) in [4.78, 5) is 6.51. The summed E-state index contributed by atoms with van der Waals surface area (Å²) in [5.41, 5.74) is 1.21. The summed E-state index contributed by atoms with van der Waals surface area (Å²) in [6.45, 7) is 10.2. The van der Waals surface area contributed by atoms with Crippen LogP contribution in [-0.2, 0) is 0 Å². The minimum Gasteiger partial charge on any atom is -0.333 e. The van der Waals surface area contributed by atoms with Crippen LogP contribution in [0.2, 0.25) is 0 Å². The van der Waals surface area contributed by atoms with E-state index in [2.05, 4.69) is 23.4 Å². The lowest BCUT2D eigenvalue weighted by Gasteiger charge is -2.19. The molecule has 1 aliphatic heterocycles. The van der Waals surface area contributed by atoms with E-state index in [1.165, 1.54) is 12.1 Å². The summed E-state index contributed by atoms with van der Waals surface area (Å²) >= 11 is 0. The largest absolute Gasteiger partial charge is 0.333 e. The van der Waals surface area contributed by atoms with E-state index < -0.39 is 0 Å². The maximum absolute atomic E-state index is 4.30. The zero-order chi connectivity index (χ0) is 8.27. The van der Waals surface area contributed by atoms with Crippen molar-refractivity contribution in [1.82, 2.24) is 4.90 Å². The van der Waals surface area contributed by atoms with E-state index in [0.29, 0.717) is 0 Å². The van der Waals surface area contributed by atoms with Gasteiger partial charge in [0.05, 0.1) is 6.54 Å². The predicted molar refractivity (Wildman–Crippen MR) is 48.7 cm³/mol. The Morgan fingerprint density at radius 1 is 1.73 bits per heavy atom. The minimum atomic E-state index is 0.939.